The van der Waals surface area contributed by atoms with Crippen molar-refractivity contribution in [1.82, 2.24) is 4.57 Å². The van der Waals surface area contributed by atoms with E-state index in [9.17, 15) is 0 Å². The predicted molar refractivity (Wildman–Crippen MR) is 173 cm³/mol. The summed E-state index contributed by atoms with van der Waals surface area (Å²) in [5.41, 5.74) is 8.77. The van der Waals surface area contributed by atoms with Gasteiger partial charge < -0.3 is 4.57 Å². The molecule has 0 saturated heterocycles. The Hall–Kier alpha value is -3.92. The van der Waals surface area contributed by atoms with E-state index >= 15 is 0 Å². The van der Waals surface area contributed by atoms with Crippen LogP contribution in [0, 0.1) is 0 Å². The van der Waals surface area contributed by atoms with Gasteiger partial charge in [0.25, 0.3) is 0 Å². The summed E-state index contributed by atoms with van der Waals surface area (Å²) < 4.78 is 6.41. The molecule has 3 heteroatoms. The highest BCUT2D eigenvalue weighted by Crippen LogP contribution is 2.42. The first-order valence-electron chi connectivity index (χ1n) is 13.4. The first-order valence-corrected chi connectivity index (χ1v) is 15.0. The maximum Gasteiger partial charge on any atom is 0.0640 e. The van der Waals surface area contributed by atoms with Crippen LogP contribution in [0.4, 0.5) is 0 Å². The topological polar surface area (TPSA) is 4.93 Å². The van der Waals surface area contributed by atoms with Crippen molar-refractivity contribution in [2.45, 2.75) is 12.8 Å². The third-order valence-corrected chi connectivity index (χ3v) is 9.97. The summed E-state index contributed by atoms with van der Waals surface area (Å²) in [7, 11) is 0. The number of fused-ring (bicyclic) bond motifs is 6. The lowest BCUT2D eigenvalue weighted by molar-refractivity contribution is 1.03. The van der Waals surface area contributed by atoms with Crippen molar-refractivity contribution in [1.29, 1.82) is 0 Å². The van der Waals surface area contributed by atoms with Gasteiger partial charge in [-0.25, -0.2) is 0 Å². The van der Waals surface area contributed by atoms with E-state index in [4.69, 9.17) is 0 Å². The molecular formula is C36H24BrNS. The summed E-state index contributed by atoms with van der Waals surface area (Å²) in [5.74, 6) is 0. The van der Waals surface area contributed by atoms with Crippen molar-refractivity contribution in [3.8, 4) is 16.8 Å². The minimum atomic E-state index is 1.05. The Kier molecular flexibility index (Phi) is 5.36. The average molecular weight is 583 g/mol. The SMILES string of the molecule is BrC1=C(c2ccccc2-c2ccc3c4ccccc4n(-c4cccc5c4sc4ccccc45)c3c2)C=CCC1. The molecule has 2 aromatic heterocycles. The van der Waals surface area contributed by atoms with Crippen LogP contribution >= 0.6 is 27.3 Å². The highest BCUT2D eigenvalue weighted by Gasteiger charge is 2.18. The molecule has 5 aromatic carbocycles. The molecule has 0 unspecified atom stereocenters. The average Bonchev–Trinajstić information content (AvgIpc) is 3.53. The summed E-state index contributed by atoms with van der Waals surface area (Å²) >= 11 is 5.75. The standard InChI is InChI=1S/C36H24BrNS/c37-31-16-6-3-12-26(31)25-11-2-1-10-24(25)23-20-21-28-27-13-4-7-17-32(27)38(34(28)22-23)33-18-9-15-30-29-14-5-8-19-35(29)39-36(30)33/h1-5,7-15,17-22H,6,16H2. The quantitative estimate of drug-likeness (QED) is 0.195. The van der Waals surface area contributed by atoms with Crippen molar-refractivity contribution in [2.24, 2.45) is 0 Å². The Morgan fingerprint density at radius 3 is 2.28 bits per heavy atom. The van der Waals surface area contributed by atoms with Crippen LogP contribution in [0.1, 0.15) is 18.4 Å². The van der Waals surface area contributed by atoms with E-state index in [0.29, 0.717) is 0 Å². The zero-order valence-electron chi connectivity index (χ0n) is 21.2. The Balaban J connectivity index is 1.43. The monoisotopic (exact) mass is 581 g/mol. The largest absolute Gasteiger partial charge is 0.308 e. The molecule has 1 aliphatic rings. The summed E-state index contributed by atoms with van der Waals surface area (Å²) in [6, 6.07) is 40.1. The van der Waals surface area contributed by atoms with Crippen LogP contribution in [-0.2, 0) is 0 Å². The van der Waals surface area contributed by atoms with Crippen LogP contribution in [-0.4, -0.2) is 4.57 Å². The number of thiophene rings is 1. The lowest BCUT2D eigenvalue weighted by Gasteiger charge is -2.16. The zero-order valence-corrected chi connectivity index (χ0v) is 23.6. The number of halogens is 1. The van der Waals surface area contributed by atoms with Gasteiger partial charge in [-0.2, -0.15) is 0 Å². The maximum atomic E-state index is 3.87. The van der Waals surface area contributed by atoms with Crippen molar-refractivity contribution < 1.29 is 0 Å². The van der Waals surface area contributed by atoms with Crippen LogP contribution in [0.3, 0.4) is 0 Å². The number of nitrogens with zero attached hydrogens (tertiary/aromatic N) is 1. The normalized spacial score (nSPS) is 13.9. The molecule has 0 bridgehead atoms. The maximum absolute atomic E-state index is 3.87. The minimum absolute atomic E-state index is 1.05. The van der Waals surface area contributed by atoms with Gasteiger partial charge in [-0.15, -0.1) is 11.3 Å². The molecule has 0 spiro atoms. The fourth-order valence-electron chi connectivity index (χ4n) is 6.15. The van der Waals surface area contributed by atoms with E-state index in [1.54, 1.807) is 0 Å². The highest BCUT2D eigenvalue weighted by molar-refractivity contribution is 9.11. The van der Waals surface area contributed by atoms with Gasteiger partial charge in [0, 0.05) is 30.7 Å². The van der Waals surface area contributed by atoms with Crippen LogP contribution in [0.25, 0.3) is 64.4 Å². The first-order chi connectivity index (χ1) is 19.3. The Morgan fingerprint density at radius 2 is 1.38 bits per heavy atom. The second-order valence-electron chi connectivity index (χ2n) is 10.1. The molecule has 0 aliphatic heterocycles. The van der Waals surface area contributed by atoms with Gasteiger partial charge in [-0.1, -0.05) is 113 Å². The van der Waals surface area contributed by atoms with Gasteiger partial charge in [0.15, 0.2) is 0 Å². The van der Waals surface area contributed by atoms with Crippen LogP contribution in [0.2, 0.25) is 0 Å². The molecule has 39 heavy (non-hydrogen) atoms. The summed E-state index contributed by atoms with van der Waals surface area (Å²) in [6.45, 7) is 0. The van der Waals surface area contributed by atoms with E-state index in [0.717, 1.165) is 12.8 Å². The first kappa shape index (κ1) is 23.0. The number of hydrogen-bond acceptors (Lipinski definition) is 1. The molecule has 0 fully saturated rings. The van der Waals surface area contributed by atoms with Crippen molar-refractivity contribution >= 4 is 74.8 Å². The zero-order chi connectivity index (χ0) is 25.9. The van der Waals surface area contributed by atoms with Gasteiger partial charge in [-0.3, -0.25) is 0 Å². The van der Waals surface area contributed by atoms with Gasteiger partial charge in [0.05, 0.1) is 21.4 Å². The molecule has 0 saturated carbocycles. The number of rotatable bonds is 3. The van der Waals surface area contributed by atoms with Gasteiger partial charge in [0.1, 0.15) is 0 Å². The summed E-state index contributed by atoms with van der Waals surface area (Å²) in [5, 5.41) is 5.21. The molecule has 0 N–H and O–H groups in total. The van der Waals surface area contributed by atoms with Gasteiger partial charge in [-0.05, 0) is 59.4 Å². The smallest absolute Gasteiger partial charge is 0.0640 e. The number of hydrogen-bond donors (Lipinski definition) is 0. The third kappa shape index (κ3) is 3.57. The van der Waals surface area contributed by atoms with Crippen molar-refractivity contribution in [3.05, 3.63) is 131 Å². The molecule has 1 aliphatic carbocycles. The molecule has 0 radical (unpaired) electrons. The van der Waals surface area contributed by atoms with Gasteiger partial charge in [0.2, 0.25) is 0 Å². The highest BCUT2D eigenvalue weighted by atomic mass is 79.9. The minimum Gasteiger partial charge on any atom is -0.308 e. The fourth-order valence-corrected chi connectivity index (χ4v) is 7.93. The molecule has 0 atom stereocenters. The van der Waals surface area contributed by atoms with Crippen LogP contribution in [0.5, 0.6) is 0 Å². The van der Waals surface area contributed by atoms with E-state index in [1.165, 1.54) is 74.4 Å². The van der Waals surface area contributed by atoms with Crippen molar-refractivity contribution in [2.75, 3.05) is 0 Å². The molecule has 7 aromatic rings. The molecule has 1 nitrogen and oxygen atoms in total. The Morgan fingerprint density at radius 1 is 0.641 bits per heavy atom. The fraction of sp³-hybridized carbons (Fsp3) is 0.0556. The van der Waals surface area contributed by atoms with E-state index < -0.39 is 0 Å². The number of benzene rings is 5. The predicted octanol–water partition coefficient (Wildman–Crippen LogP) is 11.3. The number of allylic oxidation sites excluding steroid dienone is 4. The van der Waals surface area contributed by atoms with Gasteiger partial charge >= 0.3 is 0 Å². The lowest BCUT2D eigenvalue weighted by Crippen LogP contribution is -1.95. The summed E-state index contributed by atoms with van der Waals surface area (Å²) in [4.78, 5) is 0. The Labute approximate surface area is 239 Å². The Bertz CT molecular complexity index is 2140. The number of para-hydroxylation sites is 1. The molecular weight excluding hydrogens is 558 g/mol. The lowest BCUT2D eigenvalue weighted by atomic mass is 9.91. The molecule has 2 heterocycles. The van der Waals surface area contributed by atoms with Crippen molar-refractivity contribution in [3.63, 3.8) is 0 Å². The molecule has 0 amide bonds. The molecule has 186 valence electrons. The third-order valence-electron chi connectivity index (χ3n) is 7.93. The second kappa shape index (κ2) is 9.08. The summed E-state index contributed by atoms with van der Waals surface area (Å²) in [6.07, 6.45) is 6.68. The van der Waals surface area contributed by atoms with Crippen LogP contribution < -0.4 is 0 Å². The second-order valence-corrected chi connectivity index (χ2v) is 12.2. The van der Waals surface area contributed by atoms with Crippen LogP contribution in [0.15, 0.2) is 126 Å². The van der Waals surface area contributed by atoms with E-state index in [-0.39, 0.29) is 0 Å². The van der Waals surface area contributed by atoms with E-state index in [1.807, 2.05) is 11.3 Å². The molecule has 8 rings (SSSR count). The van der Waals surface area contributed by atoms with E-state index in [2.05, 4.69) is 142 Å². The number of aromatic nitrogens is 1.